The van der Waals surface area contributed by atoms with Gasteiger partial charge in [0, 0.05) is 16.1 Å². The average molecular weight is 423 g/mol. The first-order valence-electron chi connectivity index (χ1n) is 7.64. The highest BCUT2D eigenvalue weighted by atomic mass is 79.9. The highest BCUT2D eigenvalue weighted by molar-refractivity contribution is 9.10. The lowest BCUT2D eigenvalue weighted by atomic mass is 10.2. The zero-order valence-electron chi connectivity index (χ0n) is 13.1. The highest BCUT2D eigenvalue weighted by Gasteiger charge is 2.30. The fourth-order valence-electron chi connectivity index (χ4n) is 2.74. The van der Waals surface area contributed by atoms with Crippen molar-refractivity contribution < 1.29 is 9.90 Å². The van der Waals surface area contributed by atoms with Gasteiger partial charge in [-0.15, -0.1) is 0 Å². The summed E-state index contributed by atoms with van der Waals surface area (Å²) in [7, 11) is 0. The van der Waals surface area contributed by atoms with E-state index in [0.717, 1.165) is 28.8 Å². The van der Waals surface area contributed by atoms with E-state index >= 15 is 0 Å². The summed E-state index contributed by atoms with van der Waals surface area (Å²) in [5.74, 6) is 0.0765. The minimum Gasteiger partial charge on any atom is -0.464 e. The first kappa shape index (κ1) is 16.3. The van der Waals surface area contributed by atoms with Crippen LogP contribution in [0, 0.1) is 6.92 Å². The molecule has 1 saturated carbocycles. The Hall–Kier alpha value is -2.19. The van der Waals surface area contributed by atoms with Gasteiger partial charge in [0.25, 0.3) is 0 Å². The van der Waals surface area contributed by atoms with E-state index in [1.165, 1.54) is 0 Å². The van der Waals surface area contributed by atoms with Crippen molar-refractivity contribution in [3.8, 4) is 0 Å². The van der Waals surface area contributed by atoms with E-state index in [2.05, 4.69) is 31.0 Å². The SMILES string of the molecule is Cc1c(N(C(=O)O)c2ncc3cc(Cl)c(Br)cc3n2)cnn1C1CC1. The molecule has 9 heteroatoms. The topological polar surface area (TPSA) is 84.1 Å². The second-order valence-corrected chi connectivity index (χ2v) is 7.17. The Labute approximate surface area is 156 Å². The van der Waals surface area contributed by atoms with Crippen LogP contribution in [0.25, 0.3) is 10.9 Å². The van der Waals surface area contributed by atoms with Gasteiger partial charge in [0.1, 0.15) is 0 Å². The van der Waals surface area contributed by atoms with Crippen LogP contribution in [-0.4, -0.2) is 30.9 Å². The molecule has 0 saturated heterocycles. The van der Waals surface area contributed by atoms with Gasteiger partial charge in [-0.05, 0) is 47.8 Å². The number of carboxylic acid groups (broad SMARTS) is 1. The van der Waals surface area contributed by atoms with Gasteiger partial charge in [-0.2, -0.15) is 5.10 Å². The Kier molecular flexibility index (Phi) is 3.88. The quantitative estimate of drug-likeness (QED) is 0.661. The van der Waals surface area contributed by atoms with Gasteiger partial charge >= 0.3 is 6.09 Å². The second kappa shape index (κ2) is 5.96. The Morgan fingerprint density at radius 1 is 1.40 bits per heavy atom. The summed E-state index contributed by atoms with van der Waals surface area (Å²) in [5.41, 5.74) is 1.84. The molecule has 0 radical (unpaired) electrons. The minimum atomic E-state index is -1.16. The monoisotopic (exact) mass is 421 g/mol. The van der Waals surface area contributed by atoms with Crippen molar-refractivity contribution in [1.29, 1.82) is 0 Å². The maximum Gasteiger partial charge on any atom is 0.419 e. The molecule has 0 bridgehead atoms. The van der Waals surface area contributed by atoms with Crippen LogP contribution in [0.4, 0.5) is 16.4 Å². The molecule has 4 rings (SSSR count). The standard InChI is InChI=1S/C16H13BrClN5O2/c1-8-14(7-20-23(8)10-2-3-10)22(16(24)25)15-19-6-9-4-12(18)11(17)5-13(9)21-15/h4-7,10H,2-3H2,1H3,(H,24,25). The van der Waals surface area contributed by atoms with Crippen molar-refractivity contribution in [1.82, 2.24) is 19.7 Å². The molecule has 0 spiro atoms. The molecule has 128 valence electrons. The van der Waals surface area contributed by atoms with Crippen LogP contribution in [0.5, 0.6) is 0 Å². The van der Waals surface area contributed by atoms with Crippen LogP contribution in [0.15, 0.2) is 29.0 Å². The summed E-state index contributed by atoms with van der Waals surface area (Å²) in [6.07, 6.45) is 4.08. The predicted octanol–water partition coefficient (Wildman–Crippen LogP) is 4.70. The molecule has 0 unspecified atom stereocenters. The van der Waals surface area contributed by atoms with E-state index < -0.39 is 6.09 Å². The number of hydrogen-bond acceptors (Lipinski definition) is 4. The predicted molar refractivity (Wildman–Crippen MR) is 97.6 cm³/mol. The molecule has 2 aromatic heterocycles. The summed E-state index contributed by atoms with van der Waals surface area (Å²) in [5, 5.41) is 15.3. The lowest BCUT2D eigenvalue weighted by molar-refractivity contribution is 0.204. The summed E-state index contributed by atoms with van der Waals surface area (Å²) in [4.78, 5) is 21.5. The lowest BCUT2D eigenvalue weighted by Gasteiger charge is -2.17. The number of hydrogen-bond donors (Lipinski definition) is 1. The van der Waals surface area contributed by atoms with Gasteiger partial charge in [-0.1, -0.05) is 11.6 Å². The number of carbonyl (C=O) groups is 1. The summed E-state index contributed by atoms with van der Waals surface area (Å²) < 4.78 is 2.55. The molecule has 2 heterocycles. The molecule has 1 amide bonds. The van der Waals surface area contributed by atoms with E-state index in [1.807, 2.05) is 11.6 Å². The van der Waals surface area contributed by atoms with Gasteiger partial charge in [-0.25, -0.2) is 19.7 Å². The molecule has 1 fully saturated rings. The van der Waals surface area contributed by atoms with Crippen molar-refractivity contribution in [2.45, 2.75) is 25.8 Å². The Morgan fingerprint density at radius 2 is 2.16 bits per heavy atom. The third-order valence-electron chi connectivity index (χ3n) is 4.15. The third kappa shape index (κ3) is 2.85. The Morgan fingerprint density at radius 3 is 2.84 bits per heavy atom. The van der Waals surface area contributed by atoms with Gasteiger partial charge in [0.05, 0.1) is 34.2 Å². The number of benzene rings is 1. The van der Waals surface area contributed by atoms with Gasteiger partial charge in [-0.3, -0.25) is 4.68 Å². The number of aromatic nitrogens is 4. The number of anilines is 2. The molecule has 1 aliphatic rings. The zero-order valence-corrected chi connectivity index (χ0v) is 15.5. The second-order valence-electron chi connectivity index (χ2n) is 5.90. The maximum absolute atomic E-state index is 11.9. The first-order chi connectivity index (χ1) is 12.0. The van der Waals surface area contributed by atoms with Crippen molar-refractivity contribution in [3.63, 3.8) is 0 Å². The van der Waals surface area contributed by atoms with E-state index in [9.17, 15) is 9.90 Å². The molecule has 1 N–H and O–H groups in total. The van der Waals surface area contributed by atoms with Crippen LogP contribution >= 0.6 is 27.5 Å². The van der Waals surface area contributed by atoms with E-state index in [4.69, 9.17) is 11.6 Å². The molecular weight excluding hydrogens is 410 g/mol. The van der Waals surface area contributed by atoms with Crippen LogP contribution in [0.1, 0.15) is 24.6 Å². The molecule has 7 nitrogen and oxygen atoms in total. The number of halogens is 2. The van der Waals surface area contributed by atoms with Crippen LogP contribution in [0.3, 0.4) is 0 Å². The molecular formula is C16H13BrClN5O2. The molecule has 25 heavy (non-hydrogen) atoms. The smallest absolute Gasteiger partial charge is 0.419 e. The Balaban J connectivity index is 1.82. The van der Waals surface area contributed by atoms with Crippen molar-refractivity contribution in [2.75, 3.05) is 4.90 Å². The first-order valence-corrected chi connectivity index (χ1v) is 8.82. The minimum absolute atomic E-state index is 0.0765. The summed E-state index contributed by atoms with van der Waals surface area (Å²) in [6, 6.07) is 3.83. The molecule has 3 aromatic rings. The Bertz CT molecular complexity index is 1000. The van der Waals surface area contributed by atoms with E-state index in [0.29, 0.717) is 26.7 Å². The molecule has 1 aromatic carbocycles. The average Bonchev–Trinajstić information content (AvgIpc) is 3.33. The molecule has 0 aliphatic heterocycles. The fourth-order valence-corrected chi connectivity index (χ4v) is 3.24. The third-order valence-corrected chi connectivity index (χ3v) is 5.35. The largest absolute Gasteiger partial charge is 0.464 e. The number of rotatable bonds is 3. The lowest BCUT2D eigenvalue weighted by Crippen LogP contribution is -2.26. The van der Waals surface area contributed by atoms with Gasteiger partial charge in [0.15, 0.2) is 0 Å². The number of amides is 1. The van der Waals surface area contributed by atoms with Crippen molar-refractivity contribution in [2.24, 2.45) is 0 Å². The molecule has 1 aliphatic carbocycles. The number of nitrogens with zero attached hydrogens (tertiary/aromatic N) is 5. The van der Waals surface area contributed by atoms with Crippen molar-refractivity contribution in [3.05, 3.63) is 39.7 Å². The van der Waals surface area contributed by atoms with E-state index in [-0.39, 0.29) is 5.95 Å². The summed E-state index contributed by atoms with van der Waals surface area (Å²) in [6.45, 7) is 1.86. The van der Waals surface area contributed by atoms with Crippen LogP contribution in [0.2, 0.25) is 5.02 Å². The highest BCUT2D eigenvalue weighted by Crippen LogP contribution is 2.38. The van der Waals surface area contributed by atoms with Crippen LogP contribution < -0.4 is 4.90 Å². The molecule has 0 atom stereocenters. The van der Waals surface area contributed by atoms with Crippen LogP contribution in [-0.2, 0) is 0 Å². The van der Waals surface area contributed by atoms with Gasteiger partial charge in [0.2, 0.25) is 5.95 Å². The number of fused-ring (bicyclic) bond motifs is 1. The maximum atomic E-state index is 11.9. The van der Waals surface area contributed by atoms with E-state index in [1.54, 1.807) is 24.5 Å². The fraction of sp³-hybridized carbons (Fsp3) is 0.250. The van der Waals surface area contributed by atoms with Crippen molar-refractivity contribution >= 4 is 56.2 Å². The zero-order chi connectivity index (χ0) is 17.7. The van der Waals surface area contributed by atoms with Gasteiger partial charge < -0.3 is 5.11 Å². The summed E-state index contributed by atoms with van der Waals surface area (Å²) >= 11 is 9.43. The normalized spacial score (nSPS) is 14.0.